The van der Waals surface area contributed by atoms with E-state index in [0.29, 0.717) is 5.92 Å². The van der Waals surface area contributed by atoms with Gasteiger partial charge in [0.15, 0.2) is 0 Å². The van der Waals surface area contributed by atoms with Gasteiger partial charge in [0.2, 0.25) is 0 Å². The van der Waals surface area contributed by atoms with E-state index in [0.717, 1.165) is 16.6 Å². The second kappa shape index (κ2) is 3.87. The van der Waals surface area contributed by atoms with Crippen molar-refractivity contribution in [3.63, 3.8) is 0 Å². The first-order valence-corrected chi connectivity index (χ1v) is 5.07. The van der Waals surface area contributed by atoms with Crippen molar-refractivity contribution in [2.45, 2.75) is 19.8 Å². The first-order chi connectivity index (χ1) is 7.22. The minimum atomic E-state index is 0.514. The highest BCUT2D eigenvalue weighted by Gasteiger charge is 2.04. The minimum absolute atomic E-state index is 0.514. The summed E-state index contributed by atoms with van der Waals surface area (Å²) in [4.78, 5) is 4.29. The molecule has 0 radical (unpaired) electrons. The molecule has 3 N–H and O–H groups in total. The van der Waals surface area contributed by atoms with Crippen LogP contribution >= 0.6 is 0 Å². The molecular formula is C12H15N3. The molecule has 0 unspecified atom stereocenters. The molecule has 15 heavy (non-hydrogen) atoms. The van der Waals surface area contributed by atoms with Gasteiger partial charge in [0.1, 0.15) is 0 Å². The van der Waals surface area contributed by atoms with Gasteiger partial charge >= 0.3 is 0 Å². The van der Waals surface area contributed by atoms with Gasteiger partial charge in [0, 0.05) is 11.6 Å². The predicted octanol–water partition coefficient (Wildman–Crippen LogP) is 2.64. The number of hydrogen-bond donors (Lipinski definition) is 2. The number of aromatic nitrogens is 1. The standard InChI is InChI=1S/C12H15N3/c1-8(2)9-3-4-11-10(7-9)12(15-13)5-6-14-11/h3-8H,13H2,1-2H3,(H,14,15). The van der Waals surface area contributed by atoms with E-state index < -0.39 is 0 Å². The van der Waals surface area contributed by atoms with Crippen LogP contribution in [-0.4, -0.2) is 4.98 Å². The molecule has 1 heterocycles. The lowest BCUT2D eigenvalue weighted by atomic mass is 10.0. The first-order valence-electron chi connectivity index (χ1n) is 5.07. The van der Waals surface area contributed by atoms with Crippen LogP contribution in [0.5, 0.6) is 0 Å². The van der Waals surface area contributed by atoms with Crippen LogP contribution in [0.4, 0.5) is 5.69 Å². The van der Waals surface area contributed by atoms with Crippen LogP contribution in [0.15, 0.2) is 30.5 Å². The highest BCUT2D eigenvalue weighted by atomic mass is 15.2. The maximum absolute atomic E-state index is 5.46. The van der Waals surface area contributed by atoms with E-state index in [1.54, 1.807) is 6.20 Å². The summed E-state index contributed by atoms with van der Waals surface area (Å²) < 4.78 is 0. The van der Waals surface area contributed by atoms with E-state index in [1.807, 2.05) is 12.1 Å². The zero-order valence-corrected chi connectivity index (χ0v) is 8.99. The molecule has 0 bridgehead atoms. The fourth-order valence-electron chi connectivity index (χ4n) is 1.65. The van der Waals surface area contributed by atoms with E-state index >= 15 is 0 Å². The van der Waals surface area contributed by atoms with Gasteiger partial charge in [-0.1, -0.05) is 19.9 Å². The van der Waals surface area contributed by atoms with Gasteiger partial charge in [-0.25, -0.2) is 0 Å². The number of anilines is 1. The molecule has 2 aromatic rings. The Morgan fingerprint density at radius 2 is 2.07 bits per heavy atom. The van der Waals surface area contributed by atoms with Crippen LogP contribution in [0.2, 0.25) is 0 Å². The third kappa shape index (κ3) is 1.78. The maximum atomic E-state index is 5.46. The number of nitrogens with one attached hydrogen (secondary N) is 1. The number of pyridine rings is 1. The van der Waals surface area contributed by atoms with Crippen LogP contribution in [0, 0.1) is 0 Å². The van der Waals surface area contributed by atoms with Gasteiger partial charge in [0.05, 0.1) is 11.2 Å². The van der Waals surface area contributed by atoms with Crippen molar-refractivity contribution in [2.24, 2.45) is 5.84 Å². The summed E-state index contributed by atoms with van der Waals surface area (Å²) in [7, 11) is 0. The number of hydrogen-bond acceptors (Lipinski definition) is 3. The lowest BCUT2D eigenvalue weighted by Gasteiger charge is -2.09. The quantitative estimate of drug-likeness (QED) is 0.580. The predicted molar refractivity (Wildman–Crippen MR) is 63.6 cm³/mol. The lowest BCUT2D eigenvalue weighted by molar-refractivity contribution is 0.868. The summed E-state index contributed by atoms with van der Waals surface area (Å²) in [5.41, 5.74) is 5.88. The van der Waals surface area contributed by atoms with E-state index in [2.05, 4.69) is 36.4 Å². The molecule has 0 saturated carbocycles. The maximum Gasteiger partial charge on any atom is 0.0723 e. The van der Waals surface area contributed by atoms with Gasteiger partial charge in [-0.05, 0) is 29.7 Å². The molecule has 78 valence electrons. The van der Waals surface area contributed by atoms with Gasteiger partial charge < -0.3 is 5.43 Å². The van der Waals surface area contributed by atoms with E-state index in [4.69, 9.17) is 5.84 Å². The van der Waals surface area contributed by atoms with Crippen LogP contribution in [0.25, 0.3) is 10.9 Å². The number of nitrogen functional groups attached to an aromatic ring is 1. The van der Waals surface area contributed by atoms with Crippen LogP contribution < -0.4 is 11.3 Å². The molecule has 0 aliphatic heterocycles. The summed E-state index contributed by atoms with van der Waals surface area (Å²) in [5.74, 6) is 5.98. The average molecular weight is 201 g/mol. The number of rotatable bonds is 2. The monoisotopic (exact) mass is 201 g/mol. The Labute approximate surface area is 89.3 Å². The Hall–Kier alpha value is -1.61. The fourth-order valence-corrected chi connectivity index (χ4v) is 1.65. The topological polar surface area (TPSA) is 50.9 Å². The van der Waals surface area contributed by atoms with Crippen LogP contribution in [0.1, 0.15) is 25.3 Å². The van der Waals surface area contributed by atoms with Crippen molar-refractivity contribution >= 4 is 16.6 Å². The van der Waals surface area contributed by atoms with E-state index in [9.17, 15) is 0 Å². The van der Waals surface area contributed by atoms with Crippen molar-refractivity contribution in [2.75, 3.05) is 5.43 Å². The lowest BCUT2D eigenvalue weighted by Crippen LogP contribution is -2.07. The van der Waals surface area contributed by atoms with Crippen molar-refractivity contribution in [1.29, 1.82) is 0 Å². The SMILES string of the molecule is CC(C)c1ccc2nccc(NN)c2c1. The highest BCUT2D eigenvalue weighted by Crippen LogP contribution is 2.25. The van der Waals surface area contributed by atoms with Crippen LogP contribution in [0.3, 0.4) is 0 Å². The largest absolute Gasteiger partial charge is 0.323 e. The minimum Gasteiger partial charge on any atom is -0.323 e. The van der Waals surface area contributed by atoms with Crippen LogP contribution in [-0.2, 0) is 0 Å². The summed E-state index contributed by atoms with van der Waals surface area (Å²) in [6.07, 6.45) is 1.76. The second-order valence-corrected chi connectivity index (χ2v) is 3.93. The number of hydrazine groups is 1. The highest BCUT2D eigenvalue weighted by molar-refractivity contribution is 5.91. The molecule has 1 aromatic carbocycles. The number of fused-ring (bicyclic) bond motifs is 1. The Morgan fingerprint density at radius 1 is 1.27 bits per heavy atom. The van der Waals surface area contributed by atoms with Gasteiger partial charge in [-0.15, -0.1) is 0 Å². The van der Waals surface area contributed by atoms with Crippen molar-refractivity contribution in [1.82, 2.24) is 4.98 Å². The molecule has 0 amide bonds. The Bertz CT molecular complexity index is 477. The van der Waals surface area contributed by atoms with Crippen molar-refractivity contribution < 1.29 is 0 Å². The number of nitrogens with two attached hydrogens (primary N) is 1. The number of nitrogens with zero attached hydrogens (tertiary/aromatic N) is 1. The Kier molecular flexibility index (Phi) is 2.56. The summed E-state index contributed by atoms with van der Waals surface area (Å²) in [6, 6.07) is 8.17. The summed E-state index contributed by atoms with van der Waals surface area (Å²) >= 11 is 0. The van der Waals surface area contributed by atoms with Gasteiger partial charge in [-0.2, -0.15) is 0 Å². The Balaban J connectivity index is 2.67. The van der Waals surface area contributed by atoms with Crippen molar-refractivity contribution in [3.05, 3.63) is 36.0 Å². The normalized spacial score (nSPS) is 10.9. The van der Waals surface area contributed by atoms with Gasteiger partial charge in [-0.3, -0.25) is 10.8 Å². The smallest absolute Gasteiger partial charge is 0.0723 e. The fraction of sp³-hybridized carbons (Fsp3) is 0.250. The molecule has 3 heteroatoms. The molecule has 2 rings (SSSR count). The number of benzene rings is 1. The zero-order chi connectivity index (χ0) is 10.8. The van der Waals surface area contributed by atoms with E-state index in [-0.39, 0.29) is 0 Å². The molecule has 3 nitrogen and oxygen atoms in total. The molecule has 0 aliphatic carbocycles. The first kappa shape index (κ1) is 9.93. The average Bonchev–Trinajstić information content (AvgIpc) is 2.27. The molecule has 0 aliphatic rings. The summed E-state index contributed by atoms with van der Waals surface area (Å²) in [5, 5.41) is 1.08. The molecular weight excluding hydrogens is 186 g/mol. The zero-order valence-electron chi connectivity index (χ0n) is 8.99. The molecule has 0 fully saturated rings. The molecule has 0 atom stereocenters. The summed E-state index contributed by atoms with van der Waals surface area (Å²) in [6.45, 7) is 4.35. The van der Waals surface area contributed by atoms with Gasteiger partial charge in [0.25, 0.3) is 0 Å². The van der Waals surface area contributed by atoms with E-state index in [1.165, 1.54) is 5.56 Å². The molecule has 0 saturated heterocycles. The van der Waals surface area contributed by atoms with Crippen molar-refractivity contribution in [3.8, 4) is 0 Å². The third-order valence-electron chi connectivity index (χ3n) is 2.59. The second-order valence-electron chi connectivity index (χ2n) is 3.93. The molecule has 0 spiro atoms. The molecule has 1 aromatic heterocycles. The Morgan fingerprint density at radius 3 is 2.73 bits per heavy atom. The third-order valence-corrected chi connectivity index (χ3v) is 2.59.